The summed E-state index contributed by atoms with van der Waals surface area (Å²) in [5.74, 6) is -1.64. The Labute approximate surface area is 194 Å². The third kappa shape index (κ3) is 5.70. The van der Waals surface area contributed by atoms with E-state index >= 15 is 0 Å². The van der Waals surface area contributed by atoms with E-state index in [1.54, 1.807) is 55.5 Å². The van der Waals surface area contributed by atoms with Gasteiger partial charge in [0.2, 0.25) is 0 Å². The number of carbonyl (C=O) groups excluding carboxylic acids is 1. The molecule has 1 unspecified atom stereocenters. The molecule has 0 radical (unpaired) electrons. The van der Waals surface area contributed by atoms with Crippen molar-refractivity contribution in [3.8, 4) is 11.1 Å². The topological polar surface area (TPSA) is 130 Å². The molecule has 0 saturated carbocycles. The standard InChI is InChI=1S/C21H21ClN2O6S2/c1-14-9-17(24-30-14)11-31-12-21(26,20(25)23-27)13-32(28,29)19-10-16(22)7-8-18(19)15-5-3-2-4-6-15/h2-10,26-27H,11-13H2,1H3,(H,23,25). The highest BCUT2D eigenvalue weighted by molar-refractivity contribution is 7.98. The molecule has 0 aliphatic rings. The van der Waals surface area contributed by atoms with Crippen LogP contribution >= 0.6 is 23.4 Å². The molecule has 3 aromatic rings. The second-order valence-electron chi connectivity index (χ2n) is 7.16. The molecule has 1 amide bonds. The Hall–Kier alpha value is -2.37. The first-order valence-electron chi connectivity index (χ1n) is 9.39. The number of rotatable bonds is 9. The normalized spacial score (nSPS) is 13.5. The fraction of sp³-hybridized carbons (Fsp3) is 0.238. The van der Waals surface area contributed by atoms with Crippen LogP contribution in [0.1, 0.15) is 11.5 Å². The number of amides is 1. The number of hydroxylamine groups is 1. The van der Waals surface area contributed by atoms with Crippen LogP contribution < -0.4 is 5.48 Å². The van der Waals surface area contributed by atoms with Crippen molar-refractivity contribution in [2.24, 2.45) is 0 Å². The van der Waals surface area contributed by atoms with Gasteiger partial charge in [-0.3, -0.25) is 10.0 Å². The molecule has 2 aromatic carbocycles. The molecule has 8 nitrogen and oxygen atoms in total. The van der Waals surface area contributed by atoms with Gasteiger partial charge in [-0.1, -0.05) is 53.2 Å². The predicted octanol–water partition coefficient (Wildman–Crippen LogP) is 3.25. The zero-order chi connectivity index (χ0) is 23.4. The van der Waals surface area contributed by atoms with Crippen LogP contribution in [0.15, 0.2) is 64.0 Å². The zero-order valence-electron chi connectivity index (χ0n) is 17.0. The average Bonchev–Trinajstić information content (AvgIpc) is 3.18. The third-order valence-electron chi connectivity index (χ3n) is 4.58. The smallest absolute Gasteiger partial charge is 0.277 e. The molecule has 1 atom stereocenters. The maximum absolute atomic E-state index is 13.3. The van der Waals surface area contributed by atoms with Crippen molar-refractivity contribution >= 4 is 39.1 Å². The van der Waals surface area contributed by atoms with Crippen molar-refractivity contribution in [1.82, 2.24) is 10.6 Å². The van der Waals surface area contributed by atoms with Crippen LogP contribution in [-0.2, 0) is 20.4 Å². The van der Waals surface area contributed by atoms with Crippen LogP contribution in [0.5, 0.6) is 0 Å². The van der Waals surface area contributed by atoms with Gasteiger partial charge in [-0.25, -0.2) is 13.9 Å². The SMILES string of the molecule is Cc1cc(CSCC(O)(CS(=O)(=O)c2cc(Cl)ccc2-c2ccccc2)C(=O)NO)no1. The van der Waals surface area contributed by atoms with Crippen molar-refractivity contribution in [3.05, 3.63) is 71.1 Å². The number of carbonyl (C=O) groups is 1. The van der Waals surface area contributed by atoms with Crippen LogP contribution in [0.4, 0.5) is 0 Å². The number of hydrogen-bond acceptors (Lipinski definition) is 8. The van der Waals surface area contributed by atoms with Gasteiger partial charge in [-0.15, -0.1) is 0 Å². The van der Waals surface area contributed by atoms with Gasteiger partial charge < -0.3 is 9.63 Å². The number of nitrogens with one attached hydrogen (secondary N) is 1. The van der Waals surface area contributed by atoms with Gasteiger partial charge in [-0.2, -0.15) is 11.8 Å². The van der Waals surface area contributed by atoms with Gasteiger partial charge in [0.05, 0.1) is 16.3 Å². The van der Waals surface area contributed by atoms with Gasteiger partial charge in [0.25, 0.3) is 5.91 Å². The lowest BCUT2D eigenvalue weighted by atomic mass is 10.1. The first-order valence-corrected chi connectivity index (χ1v) is 12.6. The number of aryl methyl sites for hydroxylation is 1. The minimum absolute atomic E-state index is 0.127. The number of nitrogens with zero attached hydrogens (tertiary/aromatic N) is 1. The minimum Gasteiger partial charge on any atom is -0.378 e. The van der Waals surface area contributed by atoms with Gasteiger partial charge in [-0.05, 0) is 24.6 Å². The van der Waals surface area contributed by atoms with E-state index in [2.05, 4.69) is 5.16 Å². The van der Waals surface area contributed by atoms with Crippen molar-refractivity contribution in [2.75, 3.05) is 11.5 Å². The molecule has 3 N–H and O–H groups in total. The molecule has 0 spiro atoms. The minimum atomic E-state index is -4.22. The molecule has 1 aromatic heterocycles. The number of thioether (sulfide) groups is 1. The summed E-state index contributed by atoms with van der Waals surface area (Å²) in [4.78, 5) is 12.1. The lowest BCUT2D eigenvalue weighted by Gasteiger charge is -2.25. The number of benzene rings is 2. The summed E-state index contributed by atoms with van der Waals surface area (Å²) in [5.41, 5.74) is 0.541. The monoisotopic (exact) mass is 496 g/mol. The lowest BCUT2D eigenvalue weighted by Crippen LogP contribution is -2.52. The van der Waals surface area contributed by atoms with Crippen molar-refractivity contribution in [1.29, 1.82) is 0 Å². The molecule has 0 bridgehead atoms. The van der Waals surface area contributed by atoms with E-state index in [1.165, 1.54) is 11.5 Å². The van der Waals surface area contributed by atoms with Gasteiger partial charge in [0, 0.05) is 28.2 Å². The Kier molecular flexibility index (Phi) is 7.63. The number of hydrogen-bond donors (Lipinski definition) is 3. The molecule has 11 heteroatoms. The van der Waals surface area contributed by atoms with E-state index in [-0.39, 0.29) is 21.4 Å². The van der Waals surface area contributed by atoms with Crippen molar-refractivity contribution < 1.29 is 28.0 Å². The lowest BCUT2D eigenvalue weighted by molar-refractivity contribution is -0.144. The van der Waals surface area contributed by atoms with E-state index in [1.807, 2.05) is 0 Å². The zero-order valence-corrected chi connectivity index (χ0v) is 19.4. The van der Waals surface area contributed by atoms with E-state index in [0.29, 0.717) is 22.6 Å². The summed E-state index contributed by atoms with van der Waals surface area (Å²) < 4.78 is 31.6. The molecular formula is C21H21ClN2O6S2. The Morgan fingerprint density at radius 2 is 1.94 bits per heavy atom. The largest absolute Gasteiger partial charge is 0.378 e. The second-order valence-corrected chi connectivity index (χ2v) is 10.5. The van der Waals surface area contributed by atoms with E-state index in [4.69, 9.17) is 21.3 Å². The Morgan fingerprint density at radius 3 is 2.56 bits per heavy atom. The fourth-order valence-electron chi connectivity index (χ4n) is 3.09. The van der Waals surface area contributed by atoms with E-state index < -0.39 is 27.1 Å². The van der Waals surface area contributed by atoms with Gasteiger partial charge in [0.15, 0.2) is 15.4 Å². The second kappa shape index (κ2) is 10.1. The highest BCUT2D eigenvalue weighted by Crippen LogP contribution is 2.32. The molecule has 1 heterocycles. The fourth-order valence-corrected chi connectivity index (χ4v) is 6.32. The van der Waals surface area contributed by atoms with Crippen LogP contribution in [-0.4, -0.2) is 46.9 Å². The van der Waals surface area contributed by atoms with Crippen LogP contribution in [0.25, 0.3) is 11.1 Å². The van der Waals surface area contributed by atoms with Crippen LogP contribution in [0.2, 0.25) is 5.02 Å². The highest BCUT2D eigenvalue weighted by atomic mass is 35.5. The summed E-state index contributed by atoms with van der Waals surface area (Å²) >= 11 is 7.13. The quantitative estimate of drug-likeness (QED) is 0.304. The molecule has 170 valence electrons. The summed E-state index contributed by atoms with van der Waals surface area (Å²) in [7, 11) is -4.22. The summed E-state index contributed by atoms with van der Waals surface area (Å²) in [5, 5.41) is 24.1. The number of halogens is 1. The number of aromatic nitrogens is 1. The first-order chi connectivity index (χ1) is 15.1. The molecular weight excluding hydrogens is 476 g/mol. The van der Waals surface area contributed by atoms with E-state index in [0.717, 1.165) is 11.8 Å². The summed E-state index contributed by atoms with van der Waals surface area (Å²) in [6.45, 7) is 1.72. The predicted molar refractivity (Wildman–Crippen MR) is 121 cm³/mol. The Morgan fingerprint density at radius 1 is 1.22 bits per heavy atom. The molecule has 0 aliphatic carbocycles. The average molecular weight is 497 g/mol. The maximum atomic E-state index is 13.3. The Balaban J connectivity index is 1.90. The number of sulfone groups is 1. The maximum Gasteiger partial charge on any atom is 0.277 e. The Bertz CT molecular complexity index is 1200. The molecule has 0 saturated heterocycles. The highest BCUT2D eigenvalue weighted by Gasteiger charge is 2.42. The number of aliphatic hydroxyl groups is 1. The van der Waals surface area contributed by atoms with Crippen LogP contribution in [0.3, 0.4) is 0 Å². The molecule has 0 fully saturated rings. The van der Waals surface area contributed by atoms with E-state index in [9.17, 15) is 18.3 Å². The molecule has 32 heavy (non-hydrogen) atoms. The van der Waals surface area contributed by atoms with Gasteiger partial charge >= 0.3 is 0 Å². The van der Waals surface area contributed by atoms with Crippen molar-refractivity contribution in [3.63, 3.8) is 0 Å². The van der Waals surface area contributed by atoms with Crippen molar-refractivity contribution in [2.45, 2.75) is 23.2 Å². The summed E-state index contributed by atoms with van der Waals surface area (Å²) in [6, 6.07) is 14.9. The first kappa shape index (κ1) is 24.3. The third-order valence-corrected chi connectivity index (χ3v) is 7.87. The van der Waals surface area contributed by atoms with Crippen LogP contribution in [0, 0.1) is 6.92 Å². The molecule has 0 aliphatic heterocycles. The molecule has 3 rings (SSSR count). The van der Waals surface area contributed by atoms with Gasteiger partial charge in [0.1, 0.15) is 5.76 Å². The summed E-state index contributed by atoms with van der Waals surface area (Å²) in [6.07, 6.45) is 0.